The van der Waals surface area contributed by atoms with Crippen LogP contribution in [-0.2, 0) is 4.79 Å². The Morgan fingerprint density at radius 2 is 0.896 bits per heavy atom. The molecular formula is C44H39N2O2+. The Labute approximate surface area is 283 Å². The minimum Gasteiger partial charge on any atom is -0.387 e. The van der Waals surface area contributed by atoms with E-state index in [4.69, 9.17) is 0 Å². The number of hydrogen-bond acceptors (Lipinski definition) is 3. The van der Waals surface area contributed by atoms with E-state index in [-0.39, 0.29) is 5.78 Å². The maximum absolute atomic E-state index is 13.6. The number of rotatable bonds is 6. The summed E-state index contributed by atoms with van der Waals surface area (Å²) in [6.45, 7) is 8.34. The third-order valence-corrected chi connectivity index (χ3v) is 9.28. The molecule has 1 N–H and O–H groups in total. The molecule has 7 rings (SSSR count). The highest BCUT2D eigenvalue weighted by Crippen LogP contribution is 2.42. The van der Waals surface area contributed by atoms with Crippen LogP contribution in [0.5, 0.6) is 0 Å². The molecule has 2 unspecified atom stereocenters. The largest absolute Gasteiger partial charge is 0.387 e. The number of ketones is 1. The van der Waals surface area contributed by atoms with Crippen LogP contribution >= 0.6 is 0 Å². The first kappa shape index (κ1) is 31.0. The van der Waals surface area contributed by atoms with Crippen LogP contribution in [0.1, 0.15) is 33.7 Å². The van der Waals surface area contributed by atoms with Crippen LogP contribution in [0.4, 0.5) is 28.4 Å². The van der Waals surface area contributed by atoms with Gasteiger partial charge in [-0.1, -0.05) is 82.9 Å². The molecule has 0 radical (unpaired) electrons. The van der Waals surface area contributed by atoms with E-state index in [2.05, 4.69) is 134 Å². The van der Waals surface area contributed by atoms with Gasteiger partial charge in [0.25, 0.3) is 0 Å². The molecule has 5 aromatic carbocycles. The van der Waals surface area contributed by atoms with E-state index in [1.54, 1.807) is 0 Å². The molecule has 0 bridgehead atoms. The number of aryl methyl sites for hydroxylation is 4. The topological polar surface area (TPSA) is 43.5 Å². The van der Waals surface area contributed by atoms with Gasteiger partial charge in [0.05, 0.1) is 12.0 Å². The maximum Gasteiger partial charge on any atom is 0.211 e. The van der Waals surface area contributed by atoms with Crippen molar-refractivity contribution in [2.24, 2.45) is 0 Å². The van der Waals surface area contributed by atoms with Gasteiger partial charge >= 0.3 is 0 Å². The van der Waals surface area contributed by atoms with Gasteiger partial charge in [0, 0.05) is 59.1 Å². The van der Waals surface area contributed by atoms with Gasteiger partial charge < -0.3 is 10.0 Å². The van der Waals surface area contributed by atoms with E-state index >= 15 is 0 Å². The summed E-state index contributed by atoms with van der Waals surface area (Å²) < 4.78 is 2.20. The molecule has 2 aliphatic rings. The van der Waals surface area contributed by atoms with Gasteiger partial charge in [0.1, 0.15) is 0 Å². The van der Waals surface area contributed by atoms with Crippen molar-refractivity contribution >= 4 is 39.9 Å². The molecule has 0 spiro atoms. The van der Waals surface area contributed by atoms with Crippen molar-refractivity contribution in [1.82, 2.24) is 4.58 Å². The smallest absolute Gasteiger partial charge is 0.211 e. The lowest BCUT2D eigenvalue weighted by Gasteiger charge is -2.36. The Balaban J connectivity index is 1.16. The lowest BCUT2D eigenvalue weighted by molar-refractivity contribution is -0.125. The normalized spacial score (nSPS) is 17.0. The van der Waals surface area contributed by atoms with Crippen LogP contribution in [0, 0.1) is 27.7 Å². The number of nitrogens with zero attached hydrogens (tertiary/aromatic N) is 2. The van der Waals surface area contributed by atoms with Gasteiger partial charge in [0.15, 0.2) is 5.78 Å². The molecule has 0 saturated heterocycles. The highest BCUT2D eigenvalue weighted by molar-refractivity contribution is 6.13. The van der Waals surface area contributed by atoms with E-state index in [9.17, 15) is 9.90 Å². The fraction of sp³-hybridized carbons (Fsp3) is 0.136. The summed E-state index contributed by atoms with van der Waals surface area (Å²) in [5.41, 5.74) is 13.0. The summed E-state index contributed by atoms with van der Waals surface area (Å²) in [6.07, 6.45) is 7.07. The van der Waals surface area contributed by atoms with Gasteiger partial charge in [-0.2, -0.15) is 4.58 Å². The molecule has 1 fully saturated rings. The molecule has 0 amide bonds. The lowest BCUT2D eigenvalue weighted by atomic mass is 9.69. The van der Waals surface area contributed by atoms with Crippen molar-refractivity contribution in [3.8, 4) is 0 Å². The third kappa shape index (κ3) is 5.99. The zero-order valence-electron chi connectivity index (χ0n) is 27.8. The predicted octanol–water partition coefficient (Wildman–Crippen LogP) is 9.82. The van der Waals surface area contributed by atoms with Crippen molar-refractivity contribution in [3.63, 3.8) is 0 Å². The molecule has 5 aromatic rings. The number of carbonyl (C=O) groups is 1. The number of aliphatic hydroxyl groups excluding tert-OH is 1. The summed E-state index contributed by atoms with van der Waals surface area (Å²) in [4.78, 5) is 15.8. The summed E-state index contributed by atoms with van der Waals surface area (Å²) in [5.74, 6) is -0.622. The second-order valence-corrected chi connectivity index (χ2v) is 12.9. The van der Waals surface area contributed by atoms with Crippen molar-refractivity contribution in [3.05, 3.63) is 185 Å². The number of Topliss-reactive ketones (excluding diaryl/α,β-unsaturated/α-hetero) is 1. The Morgan fingerprint density at radius 3 is 1.29 bits per heavy atom. The molecule has 2 atom stereocenters. The molecule has 0 heterocycles. The Hall–Kier alpha value is -5.58. The Kier molecular flexibility index (Phi) is 8.34. The zero-order valence-corrected chi connectivity index (χ0v) is 27.8. The SMILES string of the molecule is Cc1ccc(N(c2ccc(C)cc2)c2ccc(C3C(=O)C(=C4C=CC(=[N+](c5ccc(C)cc5)c5ccc(C)cc5)C=C4)C3O)cc2)cc1. The summed E-state index contributed by atoms with van der Waals surface area (Å²) in [5, 5.41) is 11.3. The average molecular weight is 628 g/mol. The van der Waals surface area contributed by atoms with Crippen molar-refractivity contribution in [1.29, 1.82) is 0 Å². The third-order valence-electron chi connectivity index (χ3n) is 9.28. The monoisotopic (exact) mass is 627 g/mol. The number of hydrogen-bond donors (Lipinski definition) is 1. The first-order valence-corrected chi connectivity index (χ1v) is 16.4. The van der Waals surface area contributed by atoms with E-state index in [1.165, 1.54) is 22.3 Å². The number of carbonyl (C=O) groups excluding carboxylic acids is 1. The van der Waals surface area contributed by atoms with Gasteiger partial charge in [-0.3, -0.25) is 4.79 Å². The molecule has 236 valence electrons. The Bertz CT molecular complexity index is 1990. The number of benzene rings is 5. The summed E-state index contributed by atoms with van der Waals surface area (Å²) in [7, 11) is 0. The number of aliphatic hydroxyl groups is 1. The first-order chi connectivity index (χ1) is 23.3. The van der Waals surface area contributed by atoms with Gasteiger partial charge in [-0.25, -0.2) is 0 Å². The standard InChI is InChI=1S/C44H39N2O2/c1-29-5-17-35(18-6-29)45(36-19-7-30(2)8-20-36)39-25-13-33(14-26-39)41-43(47)42(44(41)48)34-15-27-40(28-16-34)46(37-21-9-31(3)10-22-37)38-23-11-32(4)12-24-38/h5-28,41,43,47H,1-4H3/q+1. The van der Waals surface area contributed by atoms with Crippen LogP contribution < -0.4 is 9.48 Å². The molecular weight excluding hydrogens is 588 g/mol. The van der Waals surface area contributed by atoms with Crippen LogP contribution in [-0.4, -0.2) is 22.7 Å². The first-order valence-electron chi connectivity index (χ1n) is 16.4. The van der Waals surface area contributed by atoms with Crippen LogP contribution in [0.25, 0.3) is 0 Å². The fourth-order valence-corrected chi connectivity index (χ4v) is 6.46. The van der Waals surface area contributed by atoms with E-state index in [1.807, 2.05) is 48.6 Å². The molecule has 4 nitrogen and oxygen atoms in total. The molecule has 4 heteroatoms. The van der Waals surface area contributed by atoms with Crippen LogP contribution in [0.2, 0.25) is 0 Å². The fourth-order valence-electron chi connectivity index (χ4n) is 6.46. The van der Waals surface area contributed by atoms with Crippen molar-refractivity contribution in [2.75, 3.05) is 4.90 Å². The highest BCUT2D eigenvalue weighted by Gasteiger charge is 2.46. The minimum atomic E-state index is -0.871. The predicted molar refractivity (Wildman–Crippen MR) is 198 cm³/mol. The zero-order chi connectivity index (χ0) is 33.4. The quantitative estimate of drug-likeness (QED) is 0.151. The van der Waals surface area contributed by atoms with E-state index < -0.39 is 12.0 Å². The molecule has 0 aromatic heterocycles. The minimum absolute atomic E-state index is 0.0362. The number of allylic oxidation sites excluding steroid dienone is 5. The lowest BCUT2D eigenvalue weighted by Crippen LogP contribution is -2.43. The van der Waals surface area contributed by atoms with Crippen LogP contribution in [0.15, 0.2) is 157 Å². The van der Waals surface area contributed by atoms with Crippen molar-refractivity contribution < 1.29 is 9.90 Å². The Morgan fingerprint density at radius 1 is 0.521 bits per heavy atom. The second-order valence-electron chi connectivity index (χ2n) is 12.9. The van der Waals surface area contributed by atoms with Gasteiger partial charge in [-0.15, -0.1) is 0 Å². The van der Waals surface area contributed by atoms with Crippen LogP contribution in [0.3, 0.4) is 0 Å². The van der Waals surface area contributed by atoms with Gasteiger partial charge in [-0.05, 0) is 87.4 Å². The summed E-state index contributed by atoms with van der Waals surface area (Å²) in [6, 6.07) is 41.9. The number of anilines is 3. The average Bonchev–Trinajstić information content (AvgIpc) is 3.10. The molecule has 48 heavy (non-hydrogen) atoms. The van der Waals surface area contributed by atoms with Gasteiger partial charge in [0.2, 0.25) is 17.1 Å². The molecule has 0 aliphatic heterocycles. The summed E-state index contributed by atoms with van der Waals surface area (Å²) >= 11 is 0. The van der Waals surface area contributed by atoms with Crippen molar-refractivity contribution in [2.45, 2.75) is 39.7 Å². The second kappa shape index (κ2) is 12.9. The molecule has 1 saturated carbocycles. The maximum atomic E-state index is 13.6. The molecule has 2 aliphatic carbocycles. The highest BCUT2D eigenvalue weighted by atomic mass is 16.3. The van der Waals surface area contributed by atoms with E-state index in [0.717, 1.165) is 45.3 Å². The van der Waals surface area contributed by atoms with E-state index in [0.29, 0.717) is 5.57 Å².